The van der Waals surface area contributed by atoms with Gasteiger partial charge in [-0.25, -0.2) is 8.42 Å². The van der Waals surface area contributed by atoms with Gasteiger partial charge in [0.05, 0.1) is 4.90 Å². The predicted octanol–water partition coefficient (Wildman–Crippen LogP) is 3.34. The molecule has 0 unspecified atom stereocenters. The molecule has 2 aromatic carbocycles. The van der Waals surface area contributed by atoms with Crippen LogP contribution in [0.1, 0.15) is 34.3 Å². The van der Waals surface area contributed by atoms with Crippen molar-refractivity contribution < 1.29 is 13.2 Å². The molecule has 3 rings (SSSR count). The maximum atomic E-state index is 12.5. The maximum absolute atomic E-state index is 12.5. The summed E-state index contributed by atoms with van der Waals surface area (Å²) in [6.45, 7) is 5.05. The molecule has 1 aliphatic rings. The summed E-state index contributed by atoms with van der Waals surface area (Å²) >= 11 is 0. The monoisotopic (exact) mass is 358 g/mol. The third kappa shape index (κ3) is 3.91. The Hall–Kier alpha value is -2.18. The summed E-state index contributed by atoms with van der Waals surface area (Å²) in [5, 5.41) is 2.81. The van der Waals surface area contributed by atoms with Crippen molar-refractivity contribution in [2.24, 2.45) is 0 Å². The summed E-state index contributed by atoms with van der Waals surface area (Å²) in [5.41, 5.74) is 3.21. The van der Waals surface area contributed by atoms with Gasteiger partial charge in [0.2, 0.25) is 10.0 Å². The van der Waals surface area contributed by atoms with E-state index < -0.39 is 10.0 Å². The predicted molar refractivity (Wildman–Crippen MR) is 98.3 cm³/mol. The van der Waals surface area contributed by atoms with E-state index in [1.165, 1.54) is 4.31 Å². The van der Waals surface area contributed by atoms with Gasteiger partial charge in [-0.3, -0.25) is 4.79 Å². The highest BCUT2D eigenvalue weighted by Gasteiger charge is 2.26. The van der Waals surface area contributed by atoms with Gasteiger partial charge in [-0.1, -0.05) is 17.2 Å². The standard InChI is InChI=1S/C19H22N2O3S/c1-14-11-15(2)13-16(12-14)19(22)20-17-5-7-18(8-6-17)25(23,24)21-9-3-4-10-21/h5-8,11-13H,3-4,9-10H2,1-2H3,(H,20,22). The summed E-state index contributed by atoms with van der Waals surface area (Å²) in [7, 11) is -3.43. The van der Waals surface area contributed by atoms with Crippen molar-refractivity contribution in [1.82, 2.24) is 4.31 Å². The lowest BCUT2D eigenvalue weighted by atomic mass is 10.1. The van der Waals surface area contributed by atoms with E-state index in [1.54, 1.807) is 24.3 Å². The first-order valence-electron chi connectivity index (χ1n) is 8.36. The zero-order valence-electron chi connectivity index (χ0n) is 14.5. The number of nitrogens with one attached hydrogen (secondary N) is 1. The Balaban J connectivity index is 1.75. The number of anilines is 1. The quantitative estimate of drug-likeness (QED) is 0.911. The highest BCUT2D eigenvalue weighted by atomic mass is 32.2. The fraction of sp³-hybridized carbons (Fsp3) is 0.316. The number of sulfonamides is 1. The number of aryl methyl sites for hydroxylation is 2. The number of hydrogen-bond donors (Lipinski definition) is 1. The highest BCUT2D eigenvalue weighted by molar-refractivity contribution is 7.89. The second kappa shape index (κ2) is 6.98. The van der Waals surface area contributed by atoms with Crippen molar-refractivity contribution in [2.75, 3.05) is 18.4 Å². The van der Waals surface area contributed by atoms with E-state index in [1.807, 2.05) is 32.0 Å². The van der Waals surface area contributed by atoms with Crippen LogP contribution in [0.25, 0.3) is 0 Å². The minimum absolute atomic E-state index is 0.207. The van der Waals surface area contributed by atoms with Crippen LogP contribution in [0.5, 0.6) is 0 Å². The first-order chi connectivity index (χ1) is 11.9. The van der Waals surface area contributed by atoms with E-state index in [9.17, 15) is 13.2 Å². The Kier molecular flexibility index (Phi) is 4.92. The topological polar surface area (TPSA) is 66.5 Å². The minimum Gasteiger partial charge on any atom is -0.322 e. The summed E-state index contributed by atoms with van der Waals surface area (Å²) < 4.78 is 26.5. The van der Waals surface area contributed by atoms with Crippen molar-refractivity contribution in [1.29, 1.82) is 0 Å². The molecule has 0 spiro atoms. The molecule has 1 saturated heterocycles. The van der Waals surface area contributed by atoms with Crippen LogP contribution in [0.2, 0.25) is 0 Å². The molecule has 1 fully saturated rings. The van der Waals surface area contributed by atoms with Gasteiger partial charge in [0, 0.05) is 24.3 Å². The first kappa shape index (κ1) is 17.6. The van der Waals surface area contributed by atoms with Gasteiger partial charge in [0.1, 0.15) is 0 Å². The summed E-state index contributed by atoms with van der Waals surface area (Å²) in [5.74, 6) is -0.207. The van der Waals surface area contributed by atoms with Gasteiger partial charge in [0.25, 0.3) is 5.91 Å². The number of carbonyl (C=O) groups excluding carboxylic acids is 1. The third-order valence-electron chi connectivity index (χ3n) is 4.30. The molecule has 0 atom stereocenters. The smallest absolute Gasteiger partial charge is 0.255 e. The van der Waals surface area contributed by atoms with Crippen LogP contribution in [0, 0.1) is 13.8 Å². The molecular weight excluding hydrogens is 336 g/mol. The van der Waals surface area contributed by atoms with Crippen LogP contribution in [0.3, 0.4) is 0 Å². The molecule has 25 heavy (non-hydrogen) atoms. The maximum Gasteiger partial charge on any atom is 0.255 e. The zero-order chi connectivity index (χ0) is 18.0. The normalized spacial score (nSPS) is 15.3. The van der Waals surface area contributed by atoms with Crippen LogP contribution in [-0.4, -0.2) is 31.7 Å². The van der Waals surface area contributed by atoms with Gasteiger partial charge >= 0.3 is 0 Å². The van der Waals surface area contributed by atoms with Crippen molar-refractivity contribution in [3.8, 4) is 0 Å². The molecule has 6 heteroatoms. The van der Waals surface area contributed by atoms with Crippen LogP contribution in [0.4, 0.5) is 5.69 Å². The van der Waals surface area contributed by atoms with E-state index in [0.717, 1.165) is 24.0 Å². The average Bonchev–Trinajstić information content (AvgIpc) is 3.09. The van der Waals surface area contributed by atoms with E-state index in [4.69, 9.17) is 0 Å². The largest absolute Gasteiger partial charge is 0.322 e. The van der Waals surface area contributed by atoms with Crippen LogP contribution in [-0.2, 0) is 10.0 Å². The Labute approximate surface area is 148 Å². The van der Waals surface area contributed by atoms with Gasteiger partial charge in [-0.05, 0) is 63.1 Å². The SMILES string of the molecule is Cc1cc(C)cc(C(=O)Nc2ccc(S(=O)(=O)N3CCCC3)cc2)c1. The van der Waals surface area contributed by atoms with Crippen LogP contribution >= 0.6 is 0 Å². The summed E-state index contributed by atoms with van der Waals surface area (Å²) in [6.07, 6.45) is 1.81. The summed E-state index contributed by atoms with van der Waals surface area (Å²) in [6, 6.07) is 12.0. The average molecular weight is 358 g/mol. The zero-order valence-corrected chi connectivity index (χ0v) is 15.3. The van der Waals surface area contributed by atoms with E-state index in [-0.39, 0.29) is 10.8 Å². The number of benzene rings is 2. The highest BCUT2D eigenvalue weighted by Crippen LogP contribution is 2.22. The molecule has 0 bridgehead atoms. The lowest BCUT2D eigenvalue weighted by Gasteiger charge is -2.15. The molecule has 0 saturated carbocycles. The molecule has 2 aromatic rings. The van der Waals surface area contributed by atoms with E-state index in [2.05, 4.69) is 5.32 Å². The van der Waals surface area contributed by atoms with Gasteiger partial charge in [-0.15, -0.1) is 0 Å². The number of hydrogen-bond acceptors (Lipinski definition) is 3. The Morgan fingerprint density at radius 3 is 2.08 bits per heavy atom. The molecule has 0 aliphatic carbocycles. The minimum atomic E-state index is -3.43. The van der Waals surface area contributed by atoms with Crippen molar-refractivity contribution >= 4 is 21.6 Å². The molecule has 0 radical (unpaired) electrons. The second-order valence-corrected chi connectivity index (χ2v) is 8.40. The number of rotatable bonds is 4. The molecule has 1 N–H and O–H groups in total. The molecular formula is C19H22N2O3S. The van der Waals surface area contributed by atoms with Crippen molar-refractivity contribution in [3.63, 3.8) is 0 Å². The Morgan fingerprint density at radius 1 is 0.960 bits per heavy atom. The fourth-order valence-corrected chi connectivity index (χ4v) is 4.61. The van der Waals surface area contributed by atoms with Crippen LogP contribution < -0.4 is 5.32 Å². The van der Waals surface area contributed by atoms with Crippen LogP contribution in [0.15, 0.2) is 47.4 Å². The second-order valence-electron chi connectivity index (χ2n) is 6.47. The molecule has 1 aliphatic heterocycles. The lowest BCUT2D eigenvalue weighted by molar-refractivity contribution is 0.102. The number of carbonyl (C=O) groups is 1. The fourth-order valence-electron chi connectivity index (χ4n) is 3.10. The molecule has 5 nitrogen and oxygen atoms in total. The lowest BCUT2D eigenvalue weighted by Crippen LogP contribution is -2.27. The number of nitrogens with zero attached hydrogens (tertiary/aromatic N) is 1. The third-order valence-corrected chi connectivity index (χ3v) is 6.21. The van der Waals surface area contributed by atoms with Gasteiger partial charge < -0.3 is 5.32 Å². The molecule has 0 aromatic heterocycles. The molecule has 1 heterocycles. The van der Waals surface area contributed by atoms with Crippen molar-refractivity contribution in [2.45, 2.75) is 31.6 Å². The Bertz CT molecular complexity index is 863. The van der Waals surface area contributed by atoms with Gasteiger partial charge in [-0.2, -0.15) is 4.31 Å². The molecule has 1 amide bonds. The van der Waals surface area contributed by atoms with E-state index >= 15 is 0 Å². The van der Waals surface area contributed by atoms with Crippen molar-refractivity contribution in [3.05, 3.63) is 59.2 Å². The van der Waals surface area contributed by atoms with Gasteiger partial charge in [0.15, 0.2) is 0 Å². The Morgan fingerprint density at radius 2 is 1.52 bits per heavy atom. The van der Waals surface area contributed by atoms with E-state index in [0.29, 0.717) is 24.3 Å². The number of amides is 1. The summed E-state index contributed by atoms with van der Waals surface area (Å²) in [4.78, 5) is 12.6. The molecule has 132 valence electrons. The first-order valence-corrected chi connectivity index (χ1v) is 9.80.